The maximum atomic E-state index is 11.6. The highest BCUT2D eigenvalue weighted by molar-refractivity contribution is 5.70. The van der Waals surface area contributed by atoms with Gasteiger partial charge in [0, 0.05) is 5.56 Å². The van der Waals surface area contributed by atoms with Gasteiger partial charge < -0.3 is 10.5 Å². The van der Waals surface area contributed by atoms with Crippen LogP contribution in [0.4, 0.5) is 0 Å². The maximum absolute atomic E-state index is 11.6. The van der Waals surface area contributed by atoms with Gasteiger partial charge in [0.15, 0.2) is 0 Å². The fraction of sp³-hybridized carbons (Fsp3) is 0.462. The van der Waals surface area contributed by atoms with Crippen molar-refractivity contribution < 1.29 is 15.3 Å². The molecule has 3 heteroatoms. The third-order valence-corrected chi connectivity index (χ3v) is 2.10. The van der Waals surface area contributed by atoms with Crippen molar-refractivity contribution in [1.82, 2.24) is 0 Å². The second kappa shape index (κ2) is 5.12. The van der Waals surface area contributed by atoms with Crippen LogP contribution in [0.25, 0.3) is 0 Å². The van der Waals surface area contributed by atoms with Crippen molar-refractivity contribution in [2.75, 3.05) is 0 Å². The normalized spacial score (nSPS) is 13.2. The van der Waals surface area contributed by atoms with Crippen LogP contribution in [0.5, 0.6) is 0 Å². The number of carbonyl (C=O) groups is 1. The number of carbonyl (C=O) groups excluding carboxylic acids is 1. The highest BCUT2D eigenvalue weighted by Gasteiger charge is 2.20. The van der Waals surface area contributed by atoms with E-state index >= 15 is 0 Å². The summed E-state index contributed by atoms with van der Waals surface area (Å²) in [7, 11) is 0. The maximum Gasteiger partial charge on any atom is 0.312 e. The van der Waals surface area contributed by atoms with Gasteiger partial charge in [-0.15, -0.1) is 0 Å². The molecule has 0 aromatic heterocycles. The minimum Gasteiger partial charge on any atom is -0.460 e. The summed E-state index contributed by atoms with van der Waals surface area (Å²) in [6.45, 7) is 5.60. The molecule has 0 bridgehead atoms. The Morgan fingerprint density at radius 3 is 2.38 bits per heavy atom. The van der Waals surface area contributed by atoms with E-state index in [4.69, 9.17) is 4.74 Å². The summed E-state index contributed by atoms with van der Waals surface area (Å²) < 4.78 is 5.25. The van der Waals surface area contributed by atoms with E-state index in [1.54, 1.807) is 0 Å². The van der Waals surface area contributed by atoms with Gasteiger partial charge in [-0.05, 0) is 20.8 Å². The van der Waals surface area contributed by atoms with Crippen LogP contribution >= 0.6 is 0 Å². The lowest BCUT2D eigenvalue weighted by Crippen LogP contribution is -2.54. The summed E-state index contributed by atoms with van der Waals surface area (Å²) >= 11 is 0. The molecule has 0 heterocycles. The lowest BCUT2D eigenvalue weighted by Gasteiger charge is -2.20. The molecule has 0 fully saturated rings. The molecular formula is C13H20NO2+. The van der Waals surface area contributed by atoms with E-state index in [2.05, 4.69) is 5.73 Å². The number of quaternary nitrogens is 1. The van der Waals surface area contributed by atoms with Crippen molar-refractivity contribution in [3.05, 3.63) is 35.9 Å². The number of benzene rings is 1. The number of ether oxygens (including phenoxy) is 1. The Bertz CT molecular complexity index is 341. The quantitative estimate of drug-likeness (QED) is 0.791. The van der Waals surface area contributed by atoms with Gasteiger partial charge in [0.25, 0.3) is 0 Å². The van der Waals surface area contributed by atoms with E-state index in [9.17, 15) is 4.79 Å². The van der Waals surface area contributed by atoms with E-state index in [1.807, 2.05) is 51.1 Å². The van der Waals surface area contributed by atoms with Crippen molar-refractivity contribution in [1.29, 1.82) is 0 Å². The summed E-state index contributed by atoms with van der Waals surface area (Å²) in [5.41, 5.74) is 4.62. The molecule has 0 saturated heterocycles. The smallest absolute Gasteiger partial charge is 0.312 e. The molecule has 1 aromatic carbocycles. The molecule has 3 nitrogen and oxygen atoms in total. The Balaban J connectivity index is 2.52. The second-order valence-electron chi connectivity index (χ2n) is 4.90. The van der Waals surface area contributed by atoms with E-state index in [0.717, 1.165) is 5.56 Å². The molecule has 1 rings (SSSR count). The first-order chi connectivity index (χ1) is 7.38. The number of hydrogen-bond acceptors (Lipinski definition) is 2. The molecule has 0 saturated carbocycles. The van der Waals surface area contributed by atoms with Crippen LogP contribution < -0.4 is 5.73 Å². The average Bonchev–Trinajstić information content (AvgIpc) is 2.16. The van der Waals surface area contributed by atoms with E-state index < -0.39 is 5.60 Å². The summed E-state index contributed by atoms with van der Waals surface area (Å²) in [6.07, 6.45) is 0.321. The zero-order valence-corrected chi connectivity index (χ0v) is 10.2. The van der Waals surface area contributed by atoms with Crippen LogP contribution in [-0.2, 0) is 9.53 Å². The van der Waals surface area contributed by atoms with Crippen LogP contribution in [0.15, 0.2) is 30.3 Å². The fourth-order valence-corrected chi connectivity index (χ4v) is 1.43. The van der Waals surface area contributed by atoms with Crippen molar-refractivity contribution >= 4 is 5.97 Å². The monoisotopic (exact) mass is 222 g/mol. The predicted molar refractivity (Wildman–Crippen MR) is 62.5 cm³/mol. The molecule has 0 amide bonds. The lowest BCUT2D eigenvalue weighted by atomic mass is 10.0. The van der Waals surface area contributed by atoms with E-state index in [0.29, 0.717) is 6.42 Å². The van der Waals surface area contributed by atoms with Gasteiger partial charge in [0.2, 0.25) is 0 Å². The molecule has 1 unspecified atom stereocenters. The molecule has 0 spiro atoms. The summed E-state index contributed by atoms with van der Waals surface area (Å²) in [6, 6.07) is 9.75. The molecule has 0 aliphatic carbocycles. The van der Waals surface area contributed by atoms with E-state index in [1.165, 1.54) is 0 Å². The van der Waals surface area contributed by atoms with Crippen LogP contribution in [0.3, 0.4) is 0 Å². The first-order valence-corrected chi connectivity index (χ1v) is 5.48. The summed E-state index contributed by atoms with van der Waals surface area (Å²) in [4.78, 5) is 11.6. The third-order valence-electron chi connectivity index (χ3n) is 2.10. The van der Waals surface area contributed by atoms with Crippen molar-refractivity contribution in [3.63, 3.8) is 0 Å². The molecule has 0 radical (unpaired) electrons. The Kier molecular flexibility index (Phi) is 4.07. The Labute approximate surface area is 96.6 Å². The van der Waals surface area contributed by atoms with Gasteiger partial charge in [-0.2, -0.15) is 0 Å². The summed E-state index contributed by atoms with van der Waals surface area (Å²) in [5, 5.41) is 0. The first-order valence-electron chi connectivity index (χ1n) is 5.48. The molecule has 0 aliphatic heterocycles. The van der Waals surface area contributed by atoms with Gasteiger partial charge in [-0.1, -0.05) is 30.3 Å². The van der Waals surface area contributed by atoms with Gasteiger partial charge in [-0.3, -0.25) is 4.79 Å². The number of rotatable bonds is 3. The lowest BCUT2D eigenvalue weighted by molar-refractivity contribution is -0.426. The van der Waals surface area contributed by atoms with Crippen LogP contribution in [0.2, 0.25) is 0 Å². The van der Waals surface area contributed by atoms with Crippen LogP contribution in [0.1, 0.15) is 38.8 Å². The van der Waals surface area contributed by atoms with Crippen molar-refractivity contribution in [3.8, 4) is 0 Å². The number of esters is 1. The number of hydrogen-bond donors (Lipinski definition) is 1. The Morgan fingerprint density at radius 1 is 1.31 bits per heavy atom. The van der Waals surface area contributed by atoms with Gasteiger partial charge in [-0.25, -0.2) is 0 Å². The highest BCUT2D eigenvalue weighted by atomic mass is 16.6. The molecule has 1 aromatic rings. The Morgan fingerprint density at radius 2 is 1.88 bits per heavy atom. The largest absolute Gasteiger partial charge is 0.460 e. The first kappa shape index (κ1) is 12.7. The standard InChI is InChI=1S/C13H19NO2/c1-13(2,3)16-12(15)9-11(14)10-7-5-4-6-8-10/h4-8,11H,9,14H2,1-3H3/p+1. The zero-order chi connectivity index (χ0) is 12.2. The third kappa shape index (κ3) is 4.45. The van der Waals surface area contributed by atoms with Gasteiger partial charge in [0.1, 0.15) is 18.1 Å². The molecule has 88 valence electrons. The topological polar surface area (TPSA) is 53.9 Å². The van der Waals surface area contributed by atoms with Crippen molar-refractivity contribution in [2.24, 2.45) is 0 Å². The highest BCUT2D eigenvalue weighted by Crippen LogP contribution is 2.15. The van der Waals surface area contributed by atoms with Gasteiger partial charge in [0.05, 0.1) is 0 Å². The van der Waals surface area contributed by atoms with Crippen molar-refractivity contribution in [2.45, 2.75) is 38.8 Å². The SMILES string of the molecule is CC(C)(C)OC(=O)CC([NH3+])c1ccccc1. The molecule has 0 aliphatic rings. The minimum absolute atomic E-state index is 0.0453. The second-order valence-corrected chi connectivity index (χ2v) is 4.90. The Hall–Kier alpha value is -1.35. The summed E-state index contributed by atoms with van der Waals surface area (Å²) in [5.74, 6) is -0.198. The van der Waals surface area contributed by atoms with Gasteiger partial charge >= 0.3 is 5.97 Å². The molecule has 1 atom stereocenters. The molecule has 3 N–H and O–H groups in total. The average molecular weight is 222 g/mol. The molecule has 16 heavy (non-hydrogen) atoms. The fourth-order valence-electron chi connectivity index (χ4n) is 1.43. The van der Waals surface area contributed by atoms with Crippen LogP contribution in [-0.4, -0.2) is 11.6 Å². The zero-order valence-electron chi connectivity index (χ0n) is 10.2. The van der Waals surface area contributed by atoms with E-state index in [-0.39, 0.29) is 12.0 Å². The minimum atomic E-state index is -0.423. The van der Waals surface area contributed by atoms with Crippen LogP contribution in [0, 0.1) is 0 Å². The predicted octanol–water partition coefficient (Wildman–Crippen LogP) is 1.70. The molecular weight excluding hydrogens is 202 g/mol.